The molecular formula is C10H15BrN2OS. The van der Waals surface area contributed by atoms with Crippen molar-refractivity contribution in [3.05, 3.63) is 20.6 Å². The molecule has 0 saturated carbocycles. The van der Waals surface area contributed by atoms with Crippen LogP contribution in [0.15, 0.2) is 4.47 Å². The first-order valence-corrected chi connectivity index (χ1v) is 6.09. The largest absolute Gasteiger partial charge is 0.381 e. The van der Waals surface area contributed by atoms with E-state index in [1.807, 2.05) is 6.92 Å². The van der Waals surface area contributed by atoms with Crippen molar-refractivity contribution in [1.29, 1.82) is 0 Å². The monoisotopic (exact) mass is 290 g/mol. The molecule has 1 atom stereocenters. The lowest BCUT2D eigenvalue weighted by atomic mass is 10.2. The fraction of sp³-hybridized carbons (Fsp3) is 0.600. The molecule has 0 spiro atoms. The maximum atomic E-state index is 5.19. The fourth-order valence-corrected chi connectivity index (χ4v) is 1.96. The molecule has 0 aliphatic carbocycles. The average molecular weight is 291 g/mol. The number of methoxy groups -OCH3 is 1. The van der Waals surface area contributed by atoms with Gasteiger partial charge in [-0.2, -0.15) is 0 Å². The van der Waals surface area contributed by atoms with Crippen molar-refractivity contribution in [1.82, 2.24) is 9.97 Å². The van der Waals surface area contributed by atoms with E-state index in [2.05, 4.69) is 32.8 Å². The van der Waals surface area contributed by atoms with Crippen LogP contribution in [0.5, 0.6) is 0 Å². The van der Waals surface area contributed by atoms with E-state index in [0.29, 0.717) is 4.64 Å². The minimum absolute atomic E-state index is 0.147. The zero-order valence-corrected chi connectivity index (χ0v) is 11.5. The normalized spacial score (nSPS) is 12.8. The highest BCUT2D eigenvalue weighted by Gasteiger charge is 2.07. The van der Waals surface area contributed by atoms with E-state index >= 15 is 0 Å². The number of aromatic nitrogens is 2. The molecule has 1 N–H and O–H groups in total. The maximum Gasteiger partial charge on any atom is 0.144 e. The van der Waals surface area contributed by atoms with Crippen LogP contribution in [0.4, 0.5) is 0 Å². The quantitative estimate of drug-likeness (QED) is 0.866. The van der Waals surface area contributed by atoms with E-state index in [1.54, 1.807) is 7.11 Å². The molecule has 0 aromatic carbocycles. The third kappa shape index (κ3) is 3.36. The smallest absolute Gasteiger partial charge is 0.144 e. The van der Waals surface area contributed by atoms with Crippen LogP contribution in [0.1, 0.15) is 25.4 Å². The van der Waals surface area contributed by atoms with Gasteiger partial charge >= 0.3 is 0 Å². The zero-order valence-electron chi connectivity index (χ0n) is 9.13. The number of hydrogen-bond acceptors (Lipinski definition) is 3. The minimum atomic E-state index is 0.147. The Morgan fingerprint density at radius 1 is 1.60 bits per heavy atom. The van der Waals surface area contributed by atoms with Gasteiger partial charge in [0.15, 0.2) is 0 Å². The molecule has 0 bridgehead atoms. The summed E-state index contributed by atoms with van der Waals surface area (Å²) in [4.78, 5) is 7.57. The molecule has 1 aromatic rings. The first-order chi connectivity index (χ1) is 7.08. The van der Waals surface area contributed by atoms with E-state index in [1.165, 1.54) is 0 Å². The Hall–Kier alpha value is -0.260. The van der Waals surface area contributed by atoms with Gasteiger partial charge in [-0.15, -0.1) is 0 Å². The number of hydrogen-bond donors (Lipinski definition) is 1. The van der Waals surface area contributed by atoms with Gasteiger partial charge in [0.05, 0.1) is 10.6 Å². The van der Waals surface area contributed by atoms with Crippen molar-refractivity contribution in [3.63, 3.8) is 0 Å². The minimum Gasteiger partial charge on any atom is -0.381 e. The Kier molecular flexibility index (Phi) is 4.89. The predicted molar refractivity (Wildman–Crippen MR) is 66.7 cm³/mol. The van der Waals surface area contributed by atoms with E-state index in [0.717, 1.165) is 28.8 Å². The molecule has 1 aromatic heterocycles. The number of halogens is 1. The van der Waals surface area contributed by atoms with Crippen LogP contribution in [0.25, 0.3) is 0 Å². The summed E-state index contributed by atoms with van der Waals surface area (Å²) in [5.41, 5.74) is 1.09. The van der Waals surface area contributed by atoms with Crippen molar-refractivity contribution < 1.29 is 4.74 Å². The van der Waals surface area contributed by atoms with Crippen LogP contribution in [-0.4, -0.2) is 23.2 Å². The summed E-state index contributed by atoms with van der Waals surface area (Å²) in [6.45, 7) is 4.08. The molecule has 1 heterocycles. The summed E-state index contributed by atoms with van der Waals surface area (Å²) in [5.74, 6) is 0.884. The van der Waals surface area contributed by atoms with Gasteiger partial charge in [0.1, 0.15) is 10.5 Å². The van der Waals surface area contributed by atoms with Crippen molar-refractivity contribution in [2.24, 2.45) is 0 Å². The number of nitrogens with one attached hydrogen (secondary N) is 1. The molecule has 1 rings (SSSR count). The molecule has 0 amide bonds. The van der Waals surface area contributed by atoms with Crippen LogP contribution in [0.2, 0.25) is 0 Å². The summed E-state index contributed by atoms with van der Waals surface area (Å²) in [5, 5.41) is 0. The Morgan fingerprint density at radius 2 is 2.27 bits per heavy atom. The first kappa shape index (κ1) is 12.8. The third-order valence-corrected chi connectivity index (χ3v) is 3.63. The molecule has 0 aliphatic heterocycles. The van der Waals surface area contributed by atoms with Gasteiger partial charge in [-0.25, -0.2) is 4.98 Å². The van der Waals surface area contributed by atoms with Gasteiger partial charge in [-0.3, -0.25) is 0 Å². The molecule has 15 heavy (non-hydrogen) atoms. The van der Waals surface area contributed by atoms with E-state index in [4.69, 9.17) is 17.0 Å². The van der Waals surface area contributed by atoms with Gasteiger partial charge in [-0.05, 0) is 29.3 Å². The number of ether oxygens (including phenoxy) is 1. The Bertz CT molecular complexity index is 391. The number of aromatic amines is 1. The lowest BCUT2D eigenvalue weighted by Gasteiger charge is -2.10. The van der Waals surface area contributed by atoms with Gasteiger partial charge in [0.25, 0.3) is 0 Å². The average Bonchev–Trinajstić information content (AvgIpc) is 2.22. The predicted octanol–water partition coefficient (Wildman–Crippen LogP) is 3.04. The first-order valence-electron chi connectivity index (χ1n) is 4.88. The van der Waals surface area contributed by atoms with Crippen molar-refractivity contribution in [2.45, 2.75) is 32.8 Å². The molecule has 5 heteroatoms. The third-order valence-electron chi connectivity index (χ3n) is 2.22. The second kappa shape index (κ2) is 5.72. The summed E-state index contributed by atoms with van der Waals surface area (Å²) < 4.78 is 6.70. The molecule has 0 saturated heterocycles. The van der Waals surface area contributed by atoms with Crippen molar-refractivity contribution in [2.75, 3.05) is 7.11 Å². The Balaban J connectivity index is 3.01. The molecule has 0 aliphatic rings. The summed E-state index contributed by atoms with van der Waals surface area (Å²) in [6.07, 6.45) is 1.80. The molecule has 0 radical (unpaired) electrons. The lowest BCUT2D eigenvalue weighted by Crippen LogP contribution is -2.12. The Labute approximate surface area is 103 Å². The van der Waals surface area contributed by atoms with E-state index < -0.39 is 0 Å². The van der Waals surface area contributed by atoms with E-state index in [9.17, 15) is 0 Å². The number of H-pyrrole nitrogens is 1. The van der Waals surface area contributed by atoms with Crippen LogP contribution < -0.4 is 0 Å². The maximum absolute atomic E-state index is 5.19. The van der Waals surface area contributed by atoms with Crippen LogP contribution in [0.3, 0.4) is 0 Å². The number of nitrogens with zero attached hydrogens (tertiary/aromatic N) is 1. The highest BCUT2D eigenvalue weighted by Crippen LogP contribution is 2.16. The summed E-state index contributed by atoms with van der Waals surface area (Å²) in [6, 6.07) is 0. The summed E-state index contributed by atoms with van der Waals surface area (Å²) in [7, 11) is 1.69. The molecular weight excluding hydrogens is 276 g/mol. The van der Waals surface area contributed by atoms with E-state index in [-0.39, 0.29) is 6.10 Å². The topological polar surface area (TPSA) is 37.9 Å². The lowest BCUT2D eigenvalue weighted by molar-refractivity contribution is 0.117. The van der Waals surface area contributed by atoms with Crippen molar-refractivity contribution in [3.8, 4) is 0 Å². The summed E-state index contributed by atoms with van der Waals surface area (Å²) >= 11 is 8.59. The standard InChI is InChI=1S/C10H15BrN2OS/c1-4-7-9(11)10(15)13-8(12-7)5-6(2)14-3/h6H,4-5H2,1-3H3,(H,12,13,15). The van der Waals surface area contributed by atoms with Gasteiger partial charge in [-0.1, -0.05) is 19.1 Å². The van der Waals surface area contributed by atoms with Gasteiger partial charge in [0.2, 0.25) is 0 Å². The second-order valence-electron chi connectivity index (χ2n) is 3.39. The number of rotatable bonds is 4. The number of aryl methyl sites for hydroxylation is 1. The molecule has 3 nitrogen and oxygen atoms in total. The molecule has 1 unspecified atom stereocenters. The SMILES string of the molecule is CCc1[nH]c(CC(C)OC)nc(=S)c1Br. The molecule has 84 valence electrons. The van der Waals surface area contributed by atoms with Crippen LogP contribution in [-0.2, 0) is 17.6 Å². The highest BCUT2D eigenvalue weighted by atomic mass is 79.9. The molecule has 0 fully saturated rings. The zero-order chi connectivity index (χ0) is 11.4. The second-order valence-corrected chi connectivity index (χ2v) is 4.56. The highest BCUT2D eigenvalue weighted by molar-refractivity contribution is 9.10. The van der Waals surface area contributed by atoms with Crippen molar-refractivity contribution >= 4 is 28.1 Å². The van der Waals surface area contributed by atoms with Gasteiger partial charge < -0.3 is 9.72 Å². The fourth-order valence-electron chi connectivity index (χ4n) is 1.25. The Morgan fingerprint density at radius 3 is 2.80 bits per heavy atom. The van der Waals surface area contributed by atoms with Gasteiger partial charge in [0, 0.05) is 19.2 Å². The van der Waals surface area contributed by atoms with Crippen LogP contribution >= 0.6 is 28.1 Å². The van der Waals surface area contributed by atoms with Crippen LogP contribution in [0, 0.1) is 4.64 Å².